The second-order valence-electron chi connectivity index (χ2n) is 3.67. The van der Waals surface area contributed by atoms with E-state index in [1.165, 1.54) is 25.7 Å². The highest BCUT2D eigenvalue weighted by atomic mass is 16.7. The van der Waals surface area contributed by atoms with Crippen LogP contribution < -0.4 is 0 Å². The molecule has 0 saturated carbocycles. The maximum atomic E-state index is 5.26. The van der Waals surface area contributed by atoms with Gasteiger partial charge in [-0.25, -0.2) is 0 Å². The summed E-state index contributed by atoms with van der Waals surface area (Å²) in [5.41, 5.74) is 0. The Hall–Kier alpha value is -0.120. The minimum atomic E-state index is 0.359. The fourth-order valence-corrected chi connectivity index (χ4v) is 1.18. The van der Waals surface area contributed by atoms with E-state index >= 15 is 0 Å². The predicted molar refractivity (Wildman–Crippen MR) is 61.8 cm³/mol. The van der Waals surface area contributed by atoms with Crippen LogP contribution in [-0.2, 0) is 14.2 Å². The summed E-state index contributed by atoms with van der Waals surface area (Å²) in [7, 11) is 0. The van der Waals surface area contributed by atoms with Gasteiger partial charge in [0.2, 0.25) is 0 Å². The Bertz CT molecular complexity index is 95.0. The molecule has 0 aromatic heterocycles. The van der Waals surface area contributed by atoms with E-state index in [1.54, 1.807) is 0 Å². The fourth-order valence-electron chi connectivity index (χ4n) is 1.18. The second kappa shape index (κ2) is 13.9. The van der Waals surface area contributed by atoms with Crippen molar-refractivity contribution >= 4 is 0 Å². The second-order valence-corrected chi connectivity index (χ2v) is 3.67. The molecule has 3 nitrogen and oxygen atoms in total. The summed E-state index contributed by atoms with van der Waals surface area (Å²) >= 11 is 0. The molecule has 3 heteroatoms. The van der Waals surface area contributed by atoms with Gasteiger partial charge in [0.25, 0.3) is 0 Å². The van der Waals surface area contributed by atoms with Crippen LogP contribution in [-0.4, -0.2) is 26.8 Å². The lowest BCUT2D eigenvalue weighted by molar-refractivity contribution is -0.131. The molecule has 0 atom stereocenters. The van der Waals surface area contributed by atoms with E-state index < -0.39 is 0 Å². The summed E-state index contributed by atoms with van der Waals surface area (Å²) in [6.07, 6.45) is 7.16. The number of unbranched alkanes of at least 4 members (excludes halogenated alkanes) is 4. The first-order valence-electron chi connectivity index (χ1n) is 6.15. The van der Waals surface area contributed by atoms with Gasteiger partial charge in [-0.05, 0) is 12.8 Å². The van der Waals surface area contributed by atoms with Crippen molar-refractivity contribution < 1.29 is 14.2 Å². The van der Waals surface area contributed by atoms with Crippen molar-refractivity contribution in [2.45, 2.75) is 52.4 Å². The Balaban J connectivity index is 2.81. The Morgan fingerprint density at radius 1 is 0.600 bits per heavy atom. The normalized spacial score (nSPS) is 10.8. The topological polar surface area (TPSA) is 27.7 Å². The van der Waals surface area contributed by atoms with E-state index in [1.807, 2.05) is 0 Å². The summed E-state index contributed by atoms with van der Waals surface area (Å²) in [4.78, 5) is 0. The Kier molecular flexibility index (Phi) is 13.8. The smallest absolute Gasteiger partial charge is 0.149 e. The van der Waals surface area contributed by atoms with Crippen molar-refractivity contribution in [2.75, 3.05) is 26.8 Å². The third-order valence-corrected chi connectivity index (χ3v) is 2.12. The highest BCUT2D eigenvalue weighted by molar-refractivity contribution is 4.35. The van der Waals surface area contributed by atoms with E-state index in [2.05, 4.69) is 13.8 Å². The molecule has 0 bridgehead atoms. The van der Waals surface area contributed by atoms with E-state index in [9.17, 15) is 0 Å². The van der Waals surface area contributed by atoms with Crippen molar-refractivity contribution in [3.8, 4) is 0 Å². The Labute approximate surface area is 94.1 Å². The molecule has 0 unspecified atom stereocenters. The van der Waals surface area contributed by atoms with Crippen LogP contribution in [0.25, 0.3) is 0 Å². The number of ether oxygens (including phenoxy) is 3. The molecule has 0 aliphatic heterocycles. The van der Waals surface area contributed by atoms with E-state index in [4.69, 9.17) is 14.2 Å². The van der Waals surface area contributed by atoms with Crippen LogP contribution in [0.5, 0.6) is 0 Å². The molecule has 0 fully saturated rings. The first-order chi connectivity index (χ1) is 7.41. The van der Waals surface area contributed by atoms with Gasteiger partial charge in [-0.2, -0.15) is 0 Å². The number of hydrogen-bond acceptors (Lipinski definition) is 3. The van der Waals surface area contributed by atoms with Gasteiger partial charge in [0.1, 0.15) is 13.6 Å². The van der Waals surface area contributed by atoms with Gasteiger partial charge in [0.15, 0.2) is 0 Å². The maximum Gasteiger partial charge on any atom is 0.149 e. The van der Waals surface area contributed by atoms with Crippen LogP contribution in [0.3, 0.4) is 0 Å². The van der Waals surface area contributed by atoms with E-state index in [0.29, 0.717) is 13.6 Å². The van der Waals surface area contributed by atoms with Gasteiger partial charge < -0.3 is 14.2 Å². The largest absolute Gasteiger partial charge is 0.355 e. The number of hydrogen-bond donors (Lipinski definition) is 0. The zero-order valence-corrected chi connectivity index (χ0v) is 10.3. The highest BCUT2D eigenvalue weighted by Gasteiger charge is 1.90. The van der Waals surface area contributed by atoms with Gasteiger partial charge in [0.05, 0.1) is 0 Å². The van der Waals surface area contributed by atoms with Gasteiger partial charge in [0, 0.05) is 13.2 Å². The molecule has 0 spiro atoms. The predicted octanol–water partition coefficient (Wildman–Crippen LogP) is 3.33. The Morgan fingerprint density at radius 2 is 1.07 bits per heavy atom. The van der Waals surface area contributed by atoms with Crippen molar-refractivity contribution in [3.63, 3.8) is 0 Å². The SMILES string of the molecule is CCCCCOCOCOCCCCC. The number of rotatable bonds is 12. The van der Waals surface area contributed by atoms with Crippen LogP contribution in [0.15, 0.2) is 0 Å². The van der Waals surface area contributed by atoms with E-state index in [-0.39, 0.29) is 0 Å². The van der Waals surface area contributed by atoms with Crippen LogP contribution in [0.4, 0.5) is 0 Å². The van der Waals surface area contributed by atoms with Crippen LogP contribution >= 0.6 is 0 Å². The lowest BCUT2D eigenvalue weighted by Crippen LogP contribution is -2.06. The lowest BCUT2D eigenvalue weighted by atomic mass is 10.3. The molecule has 0 aliphatic carbocycles. The molecular weight excluding hydrogens is 192 g/mol. The van der Waals surface area contributed by atoms with Gasteiger partial charge in [-0.1, -0.05) is 39.5 Å². The molecule has 0 N–H and O–H groups in total. The molecule has 0 amide bonds. The molecule has 0 rings (SSSR count). The minimum Gasteiger partial charge on any atom is -0.355 e. The van der Waals surface area contributed by atoms with Gasteiger partial charge >= 0.3 is 0 Å². The fraction of sp³-hybridized carbons (Fsp3) is 1.00. The van der Waals surface area contributed by atoms with Crippen molar-refractivity contribution in [3.05, 3.63) is 0 Å². The van der Waals surface area contributed by atoms with Gasteiger partial charge in [-0.15, -0.1) is 0 Å². The van der Waals surface area contributed by atoms with Crippen LogP contribution in [0.1, 0.15) is 52.4 Å². The van der Waals surface area contributed by atoms with Crippen LogP contribution in [0.2, 0.25) is 0 Å². The van der Waals surface area contributed by atoms with Gasteiger partial charge in [-0.3, -0.25) is 0 Å². The van der Waals surface area contributed by atoms with Crippen molar-refractivity contribution in [2.24, 2.45) is 0 Å². The third kappa shape index (κ3) is 13.9. The summed E-state index contributed by atoms with van der Waals surface area (Å²) in [5, 5.41) is 0. The summed E-state index contributed by atoms with van der Waals surface area (Å²) in [6.45, 7) is 6.67. The quantitative estimate of drug-likeness (QED) is 0.371. The summed E-state index contributed by atoms with van der Waals surface area (Å²) in [5.74, 6) is 0. The first-order valence-corrected chi connectivity index (χ1v) is 6.15. The third-order valence-electron chi connectivity index (χ3n) is 2.12. The highest BCUT2D eigenvalue weighted by Crippen LogP contribution is 1.95. The summed E-state index contributed by atoms with van der Waals surface area (Å²) < 4.78 is 15.7. The zero-order valence-electron chi connectivity index (χ0n) is 10.3. The standard InChI is InChI=1S/C12H26O3/c1-3-5-7-9-13-11-15-12-14-10-8-6-4-2/h3-12H2,1-2H3. The molecule has 0 heterocycles. The maximum absolute atomic E-state index is 5.26. The Morgan fingerprint density at radius 3 is 1.47 bits per heavy atom. The minimum absolute atomic E-state index is 0.359. The monoisotopic (exact) mass is 218 g/mol. The van der Waals surface area contributed by atoms with Crippen LogP contribution in [0, 0.1) is 0 Å². The average Bonchev–Trinajstić information content (AvgIpc) is 2.26. The molecule has 92 valence electrons. The molecule has 0 aromatic carbocycles. The molecule has 15 heavy (non-hydrogen) atoms. The van der Waals surface area contributed by atoms with Crippen molar-refractivity contribution in [1.29, 1.82) is 0 Å². The first kappa shape index (κ1) is 14.9. The molecule has 0 saturated heterocycles. The van der Waals surface area contributed by atoms with E-state index in [0.717, 1.165) is 26.1 Å². The molecule has 0 aliphatic rings. The summed E-state index contributed by atoms with van der Waals surface area (Å²) in [6, 6.07) is 0. The zero-order chi connectivity index (χ0) is 11.2. The average molecular weight is 218 g/mol. The van der Waals surface area contributed by atoms with Crippen molar-refractivity contribution in [1.82, 2.24) is 0 Å². The molecule has 0 aromatic rings. The molecule has 0 radical (unpaired) electrons. The lowest BCUT2D eigenvalue weighted by Gasteiger charge is -2.06. The molecular formula is C12H26O3.